The first-order valence-corrected chi connectivity index (χ1v) is 8.28. The zero-order chi connectivity index (χ0) is 15.7. The molecule has 2 aromatic heterocycles. The van der Waals surface area contributed by atoms with Crippen LogP contribution in [0.4, 0.5) is 0 Å². The molecule has 2 aromatic rings. The van der Waals surface area contributed by atoms with Gasteiger partial charge < -0.3 is 10.0 Å². The Labute approximate surface area is 133 Å². The van der Waals surface area contributed by atoms with Gasteiger partial charge in [0.15, 0.2) is 0 Å². The van der Waals surface area contributed by atoms with Crippen LogP contribution < -0.4 is 0 Å². The van der Waals surface area contributed by atoms with E-state index in [9.17, 15) is 9.90 Å². The van der Waals surface area contributed by atoms with Crippen LogP contribution in [-0.2, 0) is 7.05 Å². The number of hydrogen-bond donors (Lipinski definition) is 1. The standard InChI is InChI=1S/C15H20N4O2S/c1-10-4-3-5-19(12(10)9-20)15(21)13-7-16-14(22-13)11-6-17-18(2)8-11/h6-8,10,12,20H,3-5,9H2,1-2H3. The molecule has 0 bridgehead atoms. The molecule has 0 spiro atoms. The van der Waals surface area contributed by atoms with Crippen molar-refractivity contribution in [2.24, 2.45) is 13.0 Å². The molecule has 1 aliphatic heterocycles. The fourth-order valence-electron chi connectivity index (χ4n) is 2.96. The predicted octanol–water partition coefficient (Wildman–Crippen LogP) is 1.78. The van der Waals surface area contributed by atoms with Crippen molar-refractivity contribution >= 4 is 17.2 Å². The summed E-state index contributed by atoms with van der Waals surface area (Å²) in [6, 6.07) is -0.0924. The van der Waals surface area contributed by atoms with E-state index < -0.39 is 0 Å². The molecule has 2 atom stereocenters. The second-order valence-electron chi connectivity index (χ2n) is 5.80. The minimum atomic E-state index is -0.0924. The molecule has 1 saturated heterocycles. The summed E-state index contributed by atoms with van der Waals surface area (Å²) in [5.74, 6) is 0.298. The smallest absolute Gasteiger partial charge is 0.265 e. The number of carbonyl (C=O) groups excluding carboxylic acids is 1. The van der Waals surface area contributed by atoms with Gasteiger partial charge in [0.05, 0.1) is 25.0 Å². The topological polar surface area (TPSA) is 71.2 Å². The van der Waals surface area contributed by atoms with Gasteiger partial charge in [-0.2, -0.15) is 5.10 Å². The van der Waals surface area contributed by atoms with E-state index in [1.54, 1.807) is 22.0 Å². The average Bonchev–Trinajstić information content (AvgIpc) is 3.15. The Hall–Kier alpha value is -1.73. The Kier molecular flexibility index (Phi) is 4.26. The van der Waals surface area contributed by atoms with E-state index in [2.05, 4.69) is 17.0 Å². The van der Waals surface area contributed by atoms with Crippen molar-refractivity contribution in [2.45, 2.75) is 25.8 Å². The minimum absolute atomic E-state index is 0.0151. The lowest BCUT2D eigenvalue weighted by Crippen LogP contribution is -2.49. The Morgan fingerprint density at radius 1 is 1.50 bits per heavy atom. The Morgan fingerprint density at radius 3 is 3.00 bits per heavy atom. The number of aryl methyl sites for hydroxylation is 1. The van der Waals surface area contributed by atoms with Crippen molar-refractivity contribution in [1.29, 1.82) is 0 Å². The van der Waals surface area contributed by atoms with Crippen LogP contribution >= 0.6 is 11.3 Å². The molecular formula is C15H20N4O2S. The number of rotatable bonds is 3. The largest absolute Gasteiger partial charge is 0.394 e. The fourth-order valence-corrected chi connectivity index (χ4v) is 3.81. The van der Waals surface area contributed by atoms with Crippen molar-refractivity contribution in [3.63, 3.8) is 0 Å². The minimum Gasteiger partial charge on any atom is -0.394 e. The van der Waals surface area contributed by atoms with Crippen LogP contribution in [0.1, 0.15) is 29.4 Å². The molecule has 1 N–H and O–H groups in total. The molecule has 3 heterocycles. The number of amides is 1. The number of piperidine rings is 1. The molecule has 0 saturated carbocycles. The second kappa shape index (κ2) is 6.18. The van der Waals surface area contributed by atoms with Crippen molar-refractivity contribution < 1.29 is 9.90 Å². The molecule has 118 valence electrons. The molecule has 0 aromatic carbocycles. The highest BCUT2D eigenvalue weighted by Crippen LogP contribution is 2.29. The molecule has 0 radical (unpaired) electrons. The quantitative estimate of drug-likeness (QED) is 0.936. The monoisotopic (exact) mass is 320 g/mol. The first-order chi connectivity index (χ1) is 10.6. The summed E-state index contributed by atoms with van der Waals surface area (Å²) in [6.45, 7) is 2.81. The van der Waals surface area contributed by atoms with Crippen LogP contribution in [-0.4, -0.2) is 49.9 Å². The van der Waals surface area contributed by atoms with Crippen LogP contribution in [0.25, 0.3) is 10.6 Å². The highest BCUT2D eigenvalue weighted by Gasteiger charge is 2.32. The maximum atomic E-state index is 12.7. The van der Waals surface area contributed by atoms with Crippen molar-refractivity contribution in [3.05, 3.63) is 23.5 Å². The molecule has 2 unspecified atom stereocenters. The summed E-state index contributed by atoms with van der Waals surface area (Å²) in [4.78, 5) is 19.5. The van der Waals surface area contributed by atoms with Crippen molar-refractivity contribution in [3.8, 4) is 10.6 Å². The molecule has 1 amide bonds. The van der Waals surface area contributed by atoms with Gasteiger partial charge >= 0.3 is 0 Å². The Balaban J connectivity index is 1.81. The van der Waals surface area contributed by atoms with E-state index >= 15 is 0 Å². The number of thiazole rings is 1. The summed E-state index contributed by atoms with van der Waals surface area (Å²) >= 11 is 1.38. The van der Waals surface area contributed by atoms with Crippen molar-refractivity contribution in [1.82, 2.24) is 19.7 Å². The normalized spacial score (nSPS) is 22.0. The maximum absolute atomic E-state index is 12.7. The highest BCUT2D eigenvalue weighted by molar-refractivity contribution is 7.16. The molecular weight excluding hydrogens is 300 g/mol. The summed E-state index contributed by atoms with van der Waals surface area (Å²) in [7, 11) is 1.85. The third kappa shape index (κ3) is 2.78. The van der Waals surface area contributed by atoms with Gasteiger partial charge in [-0.3, -0.25) is 9.48 Å². The van der Waals surface area contributed by atoms with Gasteiger partial charge in [-0.15, -0.1) is 11.3 Å². The molecule has 6 nitrogen and oxygen atoms in total. The maximum Gasteiger partial charge on any atom is 0.265 e. The first-order valence-electron chi connectivity index (χ1n) is 7.47. The lowest BCUT2D eigenvalue weighted by molar-refractivity contribution is 0.0362. The zero-order valence-electron chi connectivity index (χ0n) is 12.8. The fraction of sp³-hybridized carbons (Fsp3) is 0.533. The van der Waals surface area contributed by atoms with Gasteiger partial charge in [0.25, 0.3) is 5.91 Å². The zero-order valence-corrected chi connectivity index (χ0v) is 13.6. The van der Waals surface area contributed by atoms with E-state index in [1.165, 1.54) is 11.3 Å². The number of likely N-dealkylation sites (tertiary alicyclic amines) is 1. The number of aliphatic hydroxyl groups is 1. The van der Waals surface area contributed by atoms with Crippen LogP contribution in [0.15, 0.2) is 18.6 Å². The van der Waals surface area contributed by atoms with Gasteiger partial charge in [-0.25, -0.2) is 4.98 Å². The Morgan fingerprint density at radius 2 is 2.32 bits per heavy atom. The lowest BCUT2D eigenvalue weighted by Gasteiger charge is -2.38. The van der Waals surface area contributed by atoms with Crippen molar-refractivity contribution in [2.75, 3.05) is 13.2 Å². The van der Waals surface area contributed by atoms with E-state index in [4.69, 9.17) is 0 Å². The number of carbonyl (C=O) groups is 1. The van der Waals surface area contributed by atoms with Gasteiger partial charge in [-0.05, 0) is 18.8 Å². The number of aromatic nitrogens is 3. The Bertz CT molecular complexity index is 666. The molecule has 1 fully saturated rings. The molecule has 0 aliphatic carbocycles. The van der Waals surface area contributed by atoms with Crippen LogP contribution in [0, 0.1) is 5.92 Å². The van der Waals surface area contributed by atoms with Gasteiger partial charge in [0, 0.05) is 25.4 Å². The van der Waals surface area contributed by atoms with Crippen LogP contribution in [0.5, 0.6) is 0 Å². The summed E-state index contributed by atoms with van der Waals surface area (Å²) < 4.78 is 1.71. The average molecular weight is 320 g/mol. The molecule has 1 aliphatic rings. The lowest BCUT2D eigenvalue weighted by atomic mass is 9.91. The molecule has 3 rings (SSSR count). The number of aliphatic hydroxyl groups excluding tert-OH is 1. The van der Waals surface area contributed by atoms with Gasteiger partial charge in [0.1, 0.15) is 9.88 Å². The van der Waals surface area contributed by atoms with E-state index in [0.29, 0.717) is 17.3 Å². The third-order valence-electron chi connectivity index (χ3n) is 4.23. The van der Waals surface area contributed by atoms with Crippen LogP contribution in [0.2, 0.25) is 0 Å². The van der Waals surface area contributed by atoms with Gasteiger partial charge in [0.2, 0.25) is 0 Å². The predicted molar refractivity (Wildman–Crippen MR) is 84.6 cm³/mol. The van der Waals surface area contributed by atoms with Crippen LogP contribution in [0.3, 0.4) is 0 Å². The molecule has 22 heavy (non-hydrogen) atoms. The number of hydrogen-bond acceptors (Lipinski definition) is 5. The number of nitrogens with zero attached hydrogens (tertiary/aromatic N) is 4. The highest BCUT2D eigenvalue weighted by atomic mass is 32.1. The second-order valence-corrected chi connectivity index (χ2v) is 6.83. The first kappa shape index (κ1) is 15.2. The van der Waals surface area contributed by atoms with Gasteiger partial charge in [-0.1, -0.05) is 6.92 Å². The van der Waals surface area contributed by atoms with E-state index in [-0.39, 0.29) is 18.6 Å². The molecule has 7 heteroatoms. The summed E-state index contributed by atoms with van der Waals surface area (Å²) in [6.07, 6.45) is 7.29. The summed E-state index contributed by atoms with van der Waals surface area (Å²) in [5.41, 5.74) is 0.914. The SMILES string of the molecule is CC1CCCN(C(=O)c2cnc(-c3cnn(C)c3)s2)C1CO. The third-order valence-corrected chi connectivity index (χ3v) is 5.27. The van der Waals surface area contributed by atoms with E-state index in [1.807, 2.05) is 13.2 Å². The van der Waals surface area contributed by atoms with E-state index in [0.717, 1.165) is 23.4 Å². The summed E-state index contributed by atoms with van der Waals surface area (Å²) in [5, 5.41) is 14.5.